The molecule has 0 aromatic rings. The second kappa shape index (κ2) is 19.8. The summed E-state index contributed by atoms with van der Waals surface area (Å²) in [6.45, 7) is 6.71. The Morgan fingerprint density at radius 1 is 0.464 bits per heavy atom. The molecule has 0 amide bonds. The Morgan fingerprint density at radius 3 is 0.964 bits per heavy atom. The molecule has 0 aromatic carbocycles. The summed E-state index contributed by atoms with van der Waals surface area (Å²) in [4.78, 5) is 12.2. The van der Waals surface area contributed by atoms with Crippen molar-refractivity contribution in [2.24, 2.45) is 5.41 Å². The number of carbonyl (C=O) groups excluding carboxylic acids is 1. The van der Waals surface area contributed by atoms with Crippen molar-refractivity contribution in [3.05, 3.63) is 0 Å². The lowest BCUT2D eigenvalue weighted by Gasteiger charge is -2.29. The van der Waals surface area contributed by atoms with Crippen LogP contribution in [0.1, 0.15) is 156 Å². The monoisotopic (exact) mass is 395 g/mol. The van der Waals surface area contributed by atoms with Gasteiger partial charge in [0.2, 0.25) is 0 Å². The predicted octanol–water partition coefficient (Wildman–Crippen LogP) is 9.18. The summed E-state index contributed by atoms with van der Waals surface area (Å²) in [5.74, 6) is -0.761. The van der Waals surface area contributed by atoms with Gasteiger partial charge in [-0.3, -0.25) is 0 Å². The number of carbonyl (C=O) groups is 1. The highest BCUT2D eigenvalue weighted by molar-refractivity contribution is 5.74. The first-order valence-electron chi connectivity index (χ1n) is 12.8. The molecule has 2 nitrogen and oxygen atoms in total. The van der Waals surface area contributed by atoms with Gasteiger partial charge in [-0.15, -0.1) is 0 Å². The van der Waals surface area contributed by atoms with Crippen LogP contribution in [0.3, 0.4) is 0 Å². The Morgan fingerprint density at radius 2 is 0.714 bits per heavy atom. The van der Waals surface area contributed by atoms with Crippen LogP contribution in [0, 0.1) is 5.41 Å². The Bertz CT molecular complexity index is 297. The molecule has 2 heteroatoms. The van der Waals surface area contributed by atoms with Gasteiger partial charge in [-0.1, -0.05) is 136 Å². The molecule has 0 saturated carbocycles. The van der Waals surface area contributed by atoms with Gasteiger partial charge in [-0.2, -0.15) is 0 Å². The molecule has 167 valence electrons. The molecule has 0 aliphatic heterocycles. The van der Waals surface area contributed by atoms with E-state index in [0.29, 0.717) is 0 Å². The molecule has 0 atom stereocenters. The molecule has 0 rings (SSSR count). The highest BCUT2D eigenvalue weighted by atomic mass is 16.4. The molecule has 0 aromatic heterocycles. The first-order valence-corrected chi connectivity index (χ1v) is 12.8. The molecule has 0 N–H and O–H groups in total. The van der Waals surface area contributed by atoms with E-state index in [4.69, 9.17) is 0 Å². The van der Waals surface area contributed by atoms with E-state index in [9.17, 15) is 9.90 Å². The van der Waals surface area contributed by atoms with E-state index in [1.165, 1.54) is 96.3 Å². The van der Waals surface area contributed by atoms with E-state index < -0.39 is 11.4 Å². The van der Waals surface area contributed by atoms with Crippen molar-refractivity contribution in [2.45, 2.75) is 156 Å². The van der Waals surface area contributed by atoms with E-state index in [1.807, 2.05) is 0 Å². The maximum atomic E-state index is 12.2. The van der Waals surface area contributed by atoms with Crippen molar-refractivity contribution in [3.8, 4) is 0 Å². The van der Waals surface area contributed by atoms with Crippen molar-refractivity contribution in [1.82, 2.24) is 0 Å². The summed E-state index contributed by atoms with van der Waals surface area (Å²) in [7, 11) is 0. The van der Waals surface area contributed by atoms with Crippen LogP contribution in [-0.4, -0.2) is 5.97 Å². The maximum Gasteiger partial charge on any atom is 0.361 e. The lowest BCUT2D eigenvalue weighted by atomic mass is 9.74. The first-order chi connectivity index (χ1) is 13.6. The summed E-state index contributed by atoms with van der Waals surface area (Å²) in [6, 6.07) is 0. The average molecular weight is 396 g/mol. The second-order valence-electron chi connectivity index (χ2n) is 9.12. The van der Waals surface area contributed by atoms with Gasteiger partial charge in [0.05, 0.1) is 5.41 Å². The smallest absolute Gasteiger partial charge is 0.247 e. The molecule has 0 bridgehead atoms. The minimum absolute atomic E-state index is 0.555. The van der Waals surface area contributed by atoms with Crippen LogP contribution in [0.5, 0.6) is 0 Å². The Hall–Kier alpha value is -0.530. The highest BCUT2D eigenvalue weighted by Gasteiger charge is 2.38. The molecule has 0 aliphatic carbocycles. The SMILES string of the molecule is CCCCCCCCC(CCCCCCCC)(CCCCCCCC)C([O])=O. The van der Waals surface area contributed by atoms with Crippen LogP contribution >= 0.6 is 0 Å². The molecule has 0 unspecified atom stereocenters. The van der Waals surface area contributed by atoms with Gasteiger partial charge in [0, 0.05) is 0 Å². The minimum atomic E-state index is -0.761. The molecule has 1 radical (unpaired) electrons. The topological polar surface area (TPSA) is 37.0 Å². The number of rotatable bonds is 22. The van der Waals surface area contributed by atoms with Crippen LogP contribution in [-0.2, 0) is 9.90 Å². The fourth-order valence-electron chi connectivity index (χ4n) is 4.41. The number of hydrogen-bond donors (Lipinski definition) is 0. The summed E-state index contributed by atoms with van der Waals surface area (Å²) < 4.78 is 0. The molecular weight excluding hydrogens is 344 g/mol. The standard InChI is InChI=1S/C26H51O2/c1-4-7-10-13-16-19-22-26(25(27)28,23-20-17-14-11-8-5-2)24-21-18-15-12-9-6-3/h4-24H2,1-3H3. The zero-order valence-corrected chi connectivity index (χ0v) is 19.7. The highest BCUT2D eigenvalue weighted by Crippen LogP contribution is 2.38. The predicted molar refractivity (Wildman–Crippen MR) is 122 cm³/mol. The Kier molecular flexibility index (Phi) is 19.4. The van der Waals surface area contributed by atoms with E-state index in [0.717, 1.165) is 38.5 Å². The van der Waals surface area contributed by atoms with Crippen molar-refractivity contribution in [2.75, 3.05) is 0 Å². The van der Waals surface area contributed by atoms with Gasteiger partial charge in [0.15, 0.2) is 0 Å². The van der Waals surface area contributed by atoms with Gasteiger partial charge in [0.25, 0.3) is 0 Å². The molecule has 28 heavy (non-hydrogen) atoms. The maximum absolute atomic E-state index is 12.2. The molecule has 0 aliphatic rings. The van der Waals surface area contributed by atoms with Crippen molar-refractivity contribution in [3.63, 3.8) is 0 Å². The van der Waals surface area contributed by atoms with Crippen molar-refractivity contribution >= 4 is 5.97 Å². The molecule has 0 spiro atoms. The van der Waals surface area contributed by atoms with Crippen molar-refractivity contribution in [1.29, 1.82) is 0 Å². The number of unbranched alkanes of at least 4 members (excludes halogenated alkanes) is 15. The van der Waals surface area contributed by atoms with Crippen LogP contribution < -0.4 is 0 Å². The van der Waals surface area contributed by atoms with Gasteiger partial charge >= 0.3 is 5.97 Å². The van der Waals surface area contributed by atoms with E-state index in [1.54, 1.807) is 0 Å². The van der Waals surface area contributed by atoms with Gasteiger partial charge < -0.3 is 0 Å². The summed E-state index contributed by atoms with van der Waals surface area (Å²) in [6.07, 6.45) is 24.6. The molecule has 0 saturated heterocycles. The zero-order valence-electron chi connectivity index (χ0n) is 19.7. The summed E-state index contributed by atoms with van der Waals surface area (Å²) >= 11 is 0. The largest absolute Gasteiger partial charge is 0.361 e. The Labute approximate surface area is 177 Å². The van der Waals surface area contributed by atoms with Crippen LogP contribution in [0.2, 0.25) is 0 Å². The Balaban J connectivity index is 4.47. The van der Waals surface area contributed by atoms with E-state index in [-0.39, 0.29) is 0 Å². The van der Waals surface area contributed by atoms with E-state index in [2.05, 4.69) is 20.8 Å². The van der Waals surface area contributed by atoms with Crippen LogP contribution in [0.15, 0.2) is 0 Å². The lowest BCUT2D eigenvalue weighted by Crippen LogP contribution is -2.30. The third kappa shape index (κ3) is 14.5. The molecular formula is C26H51O2. The average Bonchev–Trinajstić information content (AvgIpc) is 2.69. The van der Waals surface area contributed by atoms with Gasteiger partial charge in [-0.05, 0) is 19.3 Å². The van der Waals surface area contributed by atoms with Crippen LogP contribution in [0.4, 0.5) is 0 Å². The second-order valence-corrected chi connectivity index (χ2v) is 9.12. The lowest BCUT2D eigenvalue weighted by molar-refractivity contribution is -0.157. The zero-order chi connectivity index (χ0) is 20.9. The fourth-order valence-corrected chi connectivity index (χ4v) is 4.41. The quantitative estimate of drug-likeness (QED) is 0.168. The summed E-state index contributed by atoms with van der Waals surface area (Å²) in [5, 5.41) is 12.2. The molecule has 0 heterocycles. The third-order valence-corrected chi connectivity index (χ3v) is 6.46. The van der Waals surface area contributed by atoms with E-state index >= 15 is 0 Å². The van der Waals surface area contributed by atoms with Crippen LogP contribution in [0.25, 0.3) is 0 Å². The third-order valence-electron chi connectivity index (χ3n) is 6.46. The van der Waals surface area contributed by atoms with Gasteiger partial charge in [-0.25, -0.2) is 9.90 Å². The number of hydrogen-bond acceptors (Lipinski definition) is 1. The minimum Gasteiger partial charge on any atom is -0.247 e. The van der Waals surface area contributed by atoms with Gasteiger partial charge in [0.1, 0.15) is 0 Å². The fraction of sp³-hybridized carbons (Fsp3) is 0.962. The first kappa shape index (κ1) is 27.5. The van der Waals surface area contributed by atoms with Crippen molar-refractivity contribution < 1.29 is 9.90 Å². The normalized spacial score (nSPS) is 11.8. The summed E-state index contributed by atoms with van der Waals surface area (Å²) in [5.41, 5.74) is -0.555. The molecule has 0 fully saturated rings.